The van der Waals surface area contributed by atoms with Gasteiger partial charge in [0, 0.05) is 6.54 Å². The van der Waals surface area contributed by atoms with Gasteiger partial charge in [-0.15, -0.1) is 0 Å². The van der Waals surface area contributed by atoms with Crippen LogP contribution in [-0.2, 0) is 4.79 Å². The van der Waals surface area contributed by atoms with E-state index in [4.69, 9.17) is 0 Å². The summed E-state index contributed by atoms with van der Waals surface area (Å²) < 4.78 is 0. The average molecular weight is 155 g/mol. The standard InChI is InChI=1S/C9H17NO/c1-4-5-9(11)10-7-6-8(2)3/h4-5,8H,6-7H2,1-3H3,(H,10,11)/b5-4+. The molecule has 0 saturated carbocycles. The smallest absolute Gasteiger partial charge is 0.243 e. The molecule has 0 aromatic heterocycles. The minimum absolute atomic E-state index is 0.00755. The van der Waals surface area contributed by atoms with Crippen molar-refractivity contribution in [3.05, 3.63) is 12.2 Å². The van der Waals surface area contributed by atoms with E-state index in [1.165, 1.54) is 0 Å². The molecule has 0 bridgehead atoms. The quantitative estimate of drug-likeness (QED) is 0.615. The van der Waals surface area contributed by atoms with E-state index in [-0.39, 0.29) is 5.91 Å². The maximum atomic E-state index is 10.8. The summed E-state index contributed by atoms with van der Waals surface area (Å²) in [7, 11) is 0. The van der Waals surface area contributed by atoms with Gasteiger partial charge < -0.3 is 5.32 Å². The van der Waals surface area contributed by atoms with Gasteiger partial charge in [0.25, 0.3) is 0 Å². The first-order valence-corrected chi connectivity index (χ1v) is 4.07. The number of hydrogen-bond acceptors (Lipinski definition) is 1. The van der Waals surface area contributed by atoms with Crippen molar-refractivity contribution < 1.29 is 4.79 Å². The Labute approximate surface area is 68.7 Å². The SMILES string of the molecule is C/C=C/C(=O)NCCC(C)C. The Hall–Kier alpha value is -0.790. The van der Waals surface area contributed by atoms with E-state index in [1.807, 2.05) is 6.92 Å². The van der Waals surface area contributed by atoms with Gasteiger partial charge in [-0.3, -0.25) is 4.79 Å². The van der Waals surface area contributed by atoms with Crippen LogP contribution in [0.15, 0.2) is 12.2 Å². The average Bonchev–Trinajstić information content (AvgIpc) is 1.87. The molecule has 0 aromatic rings. The van der Waals surface area contributed by atoms with Crippen molar-refractivity contribution >= 4 is 5.91 Å². The molecule has 2 heteroatoms. The minimum atomic E-state index is 0.00755. The summed E-state index contributed by atoms with van der Waals surface area (Å²) in [5, 5.41) is 2.79. The van der Waals surface area contributed by atoms with Crippen LogP contribution in [0.25, 0.3) is 0 Å². The molecule has 1 amide bonds. The lowest BCUT2D eigenvalue weighted by Crippen LogP contribution is -2.22. The van der Waals surface area contributed by atoms with Crippen LogP contribution >= 0.6 is 0 Å². The summed E-state index contributed by atoms with van der Waals surface area (Å²) in [6, 6.07) is 0. The molecule has 1 N–H and O–H groups in total. The molecule has 0 heterocycles. The largest absolute Gasteiger partial charge is 0.353 e. The van der Waals surface area contributed by atoms with Crippen molar-refractivity contribution in [1.82, 2.24) is 5.32 Å². The molecule has 0 spiro atoms. The van der Waals surface area contributed by atoms with Crippen LogP contribution in [-0.4, -0.2) is 12.5 Å². The molecule has 11 heavy (non-hydrogen) atoms. The van der Waals surface area contributed by atoms with Gasteiger partial charge in [-0.2, -0.15) is 0 Å². The number of rotatable bonds is 4. The van der Waals surface area contributed by atoms with E-state index >= 15 is 0 Å². The van der Waals surface area contributed by atoms with Gasteiger partial charge in [-0.25, -0.2) is 0 Å². The van der Waals surface area contributed by atoms with Gasteiger partial charge in [-0.05, 0) is 25.3 Å². The van der Waals surface area contributed by atoms with Crippen LogP contribution in [0.2, 0.25) is 0 Å². The summed E-state index contributed by atoms with van der Waals surface area (Å²) in [5.41, 5.74) is 0. The molecule has 0 atom stereocenters. The van der Waals surface area contributed by atoms with E-state index in [1.54, 1.807) is 12.2 Å². The molecule has 64 valence electrons. The Balaban J connectivity index is 3.32. The molecular formula is C9H17NO. The topological polar surface area (TPSA) is 29.1 Å². The predicted octanol–water partition coefficient (Wildman–Crippen LogP) is 1.72. The Morgan fingerprint density at radius 2 is 2.18 bits per heavy atom. The Kier molecular flexibility index (Phi) is 5.53. The summed E-state index contributed by atoms with van der Waals surface area (Å²) in [4.78, 5) is 10.8. The first-order valence-electron chi connectivity index (χ1n) is 4.07. The van der Waals surface area contributed by atoms with Gasteiger partial charge >= 0.3 is 0 Å². The second kappa shape index (κ2) is 5.96. The lowest BCUT2D eigenvalue weighted by atomic mass is 10.1. The van der Waals surface area contributed by atoms with Gasteiger partial charge in [-0.1, -0.05) is 19.9 Å². The monoisotopic (exact) mass is 155 g/mol. The second-order valence-corrected chi connectivity index (χ2v) is 2.97. The molecule has 0 saturated heterocycles. The van der Waals surface area contributed by atoms with Gasteiger partial charge in [0.1, 0.15) is 0 Å². The summed E-state index contributed by atoms with van der Waals surface area (Å²) >= 11 is 0. The number of nitrogens with one attached hydrogen (secondary N) is 1. The van der Waals surface area contributed by atoms with Crippen LogP contribution in [0, 0.1) is 5.92 Å². The zero-order valence-corrected chi connectivity index (χ0v) is 7.55. The lowest BCUT2D eigenvalue weighted by Gasteiger charge is -2.03. The Bertz CT molecular complexity index is 138. The van der Waals surface area contributed by atoms with Gasteiger partial charge in [0.15, 0.2) is 0 Å². The molecule has 0 radical (unpaired) electrons. The number of hydrogen-bond donors (Lipinski definition) is 1. The van der Waals surface area contributed by atoms with Crippen molar-refractivity contribution in [2.75, 3.05) is 6.54 Å². The minimum Gasteiger partial charge on any atom is -0.353 e. The number of amides is 1. The second-order valence-electron chi connectivity index (χ2n) is 2.97. The molecule has 0 fully saturated rings. The van der Waals surface area contributed by atoms with Gasteiger partial charge in [0.2, 0.25) is 5.91 Å². The van der Waals surface area contributed by atoms with Gasteiger partial charge in [0.05, 0.1) is 0 Å². The highest BCUT2D eigenvalue weighted by Crippen LogP contribution is 1.95. The third kappa shape index (κ3) is 7.10. The molecule has 0 aromatic carbocycles. The zero-order chi connectivity index (χ0) is 8.69. The molecule has 2 nitrogen and oxygen atoms in total. The zero-order valence-electron chi connectivity index (χ0n) is 7.55. The predicted molar refractivity (Wildman–Crippen MR) is 47.3 cm³/mol. The fourth-order valence-electron chi connectivity index (χ4n) is 0.694. The van der Waals surface area contributed by atoms with Crippen molar-refractivity contribution in [3.8, 4) is 0 Å². The fraction of sp³-hybridized carbons (Fsp3) is 0.667. The van der Waals surface area contributed by atoms with Crippen LogP contribution in [0.5, 0.6) is 0 Å². The normalized spacial score (nSPS) is 10.9. The third-order valence-electron chi connectivity index (χ3n) is 1.34. The first-order chi connectivity index (χ1) is 5.16. The molecule has 0 aliphatic carbocycles. The molecule has 0 rings (SSSR count). The molecular weight excluding hydrogens is 138 g/mol. The highest BCUT2D eigenvalue weighted by molar-refractivity contribution is 5.87. The maximum absolute atomic E-state index is 10.8. The number of carbonyl (C=O) groups is 1. The molecule has 0 aliphatic heterocycles. The number of allylic oxidation sites excluding steroid dienone is 1. The fourth-order valence-corrected chi connectivity index (χ4v) is 0.694. The summed E-state index contributed by atoms with van der Waals surface area (Å²) in [6.07, 6.45) is 4.33. The Morgan fingerprint density at radius 1 is 1.55 bits per heavy atom. The van der Waals surface area contributed by atoms with Crippen molar-refractivity contribution in [2.24, 2.45) is 5.92 Å². The Morgan fingerprint density at radius 3 is 2.64 bits per heavy atom. The number of carbonyl (C=O) groups excluding carboxylic acids is 1. The van der Waals surface area contributed by atoms with Crippen molar-refractivity contribution in [1.29, 1.82) is 0 Å². The highest BCUT2D eigenvalue weighted by Gasteiger charge is 1.95. The maximum Gasteiger partial charge on any atom is 0.243 e. The van der Waals surface area contributed by atoms with Crippen molar-refractivity contribution in [2.45, 2.75) is 27.2 Å². The van der Waals surface area contributed by atoms with Crippen LogP contribution in [0.1, 0.15) is 27.2 Å². The van der Waals surface area contributed by atoms with E-state index in [0.717, 1.165) is 13.0 Å². The van der Waals surface area contributed by atoms with Crippen molar-refractivity contribution in [3.63, 3.8) is 0 Å². The van der Waals surface area contributed by atoms with Crippen LogP contribution < -0.4 is 5.32 Å². The third-order valence-corrected chi connectivity index (χ3v) is 1.34. The van der Waals surface area contributed by atoms with E-state index < -0.39 is 0 Å². The van der Waals surface area contributed by atoms with E-state index in [0.29, 0.717) is 5.92 Å². The first kappa shape index (κ1) is 10.2. The van der Waals surface area contributed by atoms with E-state index in [9.17, 15) is 4.79 Å². The van der Waals surface area contributed by atoms with E-state index in [2.05, 4.69) is 19.2 Å². The van der Waals surface area contributed by atoms with Crippen LogP contribution in [0.4, 0.5) is 0 Å². The molecule has 0 unspecified atom stereocenters. The molecule has 0 aliphatic rings. The summed E-state index contributed by atoms with van der Waals surface area (Å²) in [5.74, 6) is 0.661. The van der Waals surface area contributed by atoms with Crippen LogP contribution in [0.3, 0.4) is 0 Å². The highest BCUT2D eigenvalue weighted by atomic mass is 16.1. The lowest BCUT2D eigenvalue weighted by molar-refractivity contribution is -0.116. The summed E-state index contributed by atoms with van der Waals surface area (Å²) in [6.45, 7) is 6.90.